The Hall–Kier alpha value is -0.720. The van der Waals surface area contributed by atoms with Crippen LogP contribution in [0.15, 0.2) is 42.5 Å². The van der Waals surface area contributed by atoms with Crippen LogP contribution in [0.3, 0.4) is 0 Å². The normalized spacial score (nSPS) is 11.1. The highest BCUT2D eigenvalue weighted by molar-refractivity contribution is 6.42. The van der Waals surface area contributed by atoms with Crippen molar-refractivity contribution >= 4 is 82.5 Å². The zero-order chi connectivity index (χ0) is 20.4. The molecular weight excluding hydrogens is 489 g/mol. The second kappa shape index (κ2) is 10.4. The molecule has 0 atom stereocenters. The molecule has 0 saturated carbocycles. The molecule has 0 aliphatic carbocycles. The Labute approximate surface area is 194 Å². The van der Waals surface area contributed by atoms with Crippen LogP contribution in [0.2, 0.25) is 15.1 Å². The second-order valence-corrected chi connectivity index (χ2v) is 8.21. The summed E-state index contributed by atoms with van der Waals surface area (Å²) in [5.74, 6) is -0.855. The standard InChI is InChI=1S/C18H15Cl5N2O2.ClH/c1-18(2,10-16(26)12-5-3-4-6-13(12)19)25(23)24(22)17(27)11-7-8-14(20)15(21)9-11;/h3-9H,10H2,1-2H3;1H. The van der Waals surface area contributed by atoms with Crippen molar-refractivity contribution in [3.63, 3.8) is 0 Å². The van der Waals surface area contributed by atoms with Crippen molar-refractivity contribution < 1.29 is 9.59 Å². The number of hydrogen-bond donors (Lipinski definition) is 0. The van der Waals surface area contributed by atoms with E-state index >= 15 is 0 Å². The minimum Gasteiger partial charge on any atom is -0.294 e. The lowest BCUT2D eigenvalue weighted by molar-refractivity contribution is 0.0374. The van der Waals surface area contributed by atoms with Crippen molar-refractivity contribution in [2.75, 3.05) is 0 Å². The molecule has 2 rings (SSSR count). The summed E-state index contributed by atoms with van der Waals surface area (Å²) in [7, 11) is 0. The minimum absolute atomic E-state index is 0. The lowest BCUT2D eigenvalue weighted by atomic mass is 9.95. The lowest BCUT2D eigenvalue weighted by Gasteiger charge is -2.35. The van der Waals surface area contributed by atoms with E-state index in [0.29, 0.717) is 20.1 Å². The maximum atomic E-state index is 12.6. The van der Waals surface area contributed by atoms with Gasteiger partial charge in [-0.25, -0.2) is 0 Å². The predicted molar refractivity (Wildman–Crippen MR) is 118 cm³/mol. The third kappa shape index (κ3) is 5.90. The van der Waals surface area contributed by atoms with Crippen molar-refractivity contribution in [1.82, 2.24) is 9.06 Å². The van der Waals surface area contributed by atoms with E-state index in [2.05, 4.69) is 0 Å². The Balaban J connectivity index is 0.00000392. The average molecular weight is 505 g/mol. The first-order valence-corrected chi connectivity index (χ1v) is 9.54. The van der Waals surface area contributed by atoms with Gasteiger partial charge in [-0.15, -0.1) is 16.9 Å². The van der Waals surface area contributed by atoms with Crippen LogP contribution in [-0.2, 0) is 0 Å². The number of Topliss-reactive ketones (excluding diaryl/α,β-unsaturated/α-hetero) is 1. The molecular formula is C18H16Cl6N2O2. The molecule has 10 heteroatoms. The average Bonchev–Trinajstić information content (AvgIpc) is 2.62. The van der Waals surface area contributed by atoms with Crippen LogP contribution in [0.1, 0.15) is 41.0 Å². The molecule has 1 amide bonds. The first kappa shape index (κ1) is 25.3. The van der Waals surface area contributed by atoms with Gasteiger partial charge in [0, 0.05) is 41.1 Å². The van der Waals surface area contributed by atoms with Gasteiger partial charge in [0.05, 0.1) is 20.6 Å². The zero-order valence-corrected chi connectivity index (χ0v) is 19.4. The molecule has 4 nitrogen and oxygen atoms in total. The third-order valence-electron chi connectivity index (χ3n) is 3.76. The fraction of sp³-hybridized carbons (Fsp3) is 0.222. The van der Waals surface area contributed by atoms with E-state index in [-0.39, 0.29) is 35.2 Å². The maximum absolute atomic E-state index is 12.6. The van der Waals surface area contributed by atoms with Crippen LogP contribution in [0, 0.1) is 0 Å². The molecule has 0 aliphatic heterocycles. The summed E-state index contributed by atoms with van der Waals surface area (Å²) in [5.41, 5.74) is -0.432. The van der Waals surface area contributed by atoms with Crippen molar-refractivity contribution in [2.45, 2.75) is 25.8 Å². The third-order valence-corrected chi connectivity index (χ3v) is 5.81. The van der Waals surface area contributed by atoms with E-state index in [1.165, 1.54) is 18.2 Å². The number of ketones is 1. The molecule has 2 aromatic rings. The number of carbonyl (C=O) groups is 2. The van der Waals surface area contributed by atoms with Crippen LogP contribution in [0.4, 0.5) is 0 Å². The number of hydrogen-bond acceptors (Lipinski definition) is 3. The van der Waals surface area contributed by atoms with Crippen molar-refractivity contribution in [3.8, 4) is 0 Å². The number of benzene rings is 2. The first-order valence-electron chi connectivity index (χ1n) is 7.73. The van der Waals surface area contributed by atoms with Gasteiger partial charge in [0.2, 0.25) is 0 Å². The van der Waals surface area contributed by atoms with Crippen LogP contribution < -0.4 is 0 Å². The molecule has 0 radical (unpaired) electrons. The Morgan fingerprint density at radius 1 is 0.929 bits per heavy atom. The summed E-state index contributed by atoms with van der Waals surface area (Å²) in [5, 5.41) is 0.860. The molecule has 152 valence electrons. The first-order chi connectivity index (χ1) is 12.5. The molecule has 0 N–H and O–H groups in total. The van der Waals surface area contributed by atoms with Crippen molar-refractivity contribution in [3.05, 3.63) is 68.7 Å². The van der Waals surface area contributed by atoms with Crippen LogP contribution in [-0.4, -0.2) is 26.3 Å². The highest BCUT2D eigenvalue weighted by Crippen LogP contribution is 2.30. The van der Waals surface area contributed by atoms with Gasteiger partial charge < -0.3 is 0 Å². The van der Waals surface area contributed by atoms with E-state index in [1.807, 2.05) is 0 Å². The quantitative estimate of drug-likeness (QED) is 0.239. The smallest absolute Gasteiger partial charge is 0.284 e. The van der Waals surface area contributed by atoms with E-state index in [4.69, 9.17) is 58.4 Å². The molecule has 0 heterocycles. The zero-order valence-electron chi connectivity index (χ0n) is 14.8. The summed E-state index contributed by atoms with van der Waals surface area (Å²) in [4.78, 5) is 25.1. The number of rotatable bonds is 6. The highest BCUT2D eigenvalue weighted by Gasteiger charge is 2.36. The molecule has 0 fully saturated rings. The summed E-state index contributed by atoms with van der Waals surface area (Å²) < 4.78 is 1.66. The van der Waals surface area contributed by atoms with Crippen LogP contribution in [0.25, 0.3) is 0 Å². The molecule has 0 aromatic heterocycles. The number of halogens is 6. The Morgan fingerprint density at radius 2 is 1.54 bits per heavy atom. The fourth-order valence-corrected chi connectivity index (χ4v) is 3.26. The topological polar surface area (TPSA) is 40.6 Å². The van der Waals surface area contributed by atoms with Gasteiger partial charge in [0.25, 0.3) is 5.91 Å². The van der Waals surface area contributed by atoms with Gasteiger partial charge in [0.15, 0.2) is 5.78 Å². The predicted octanol–water partition coefficient (Wildman–Crippen LogP) is 7.09. The van der Waals surface area contributed by atoms with E-state index in [9.17, 15) is 9.59 Å². The largest absolute Gasteiger partial charge is 0.294 e. The Morgan fingerprint density at radius 3 is 2.11 bits per heavy atom. The molecule has 0 aliphatic rings. The molecule has 0 bridgehead atoms. The van der Waals surface area contributed by atoms with Crippen molar-refractivity contribution in [2.24, 2.45) is 0 Å². The van der Waals surface area contributed by atoms with Crippen LogP contribution in [0.5, 0.6) is 0 Å². The number of hydrazine groups is 1. The maximum Gasteiger partial charge on any atom is 0.284 e. The Kier molecular flexibility index (Phi) is 9.36. The number of amides is 1. The summed E-state index contributed by atoms with van der Waals surface area (Å²) >= 11 is 30.2. The van der Waals surface area contributed by atoms with E-state index in [0.717, 1.165) is 4.53 Å². The summed E-state index contributed by atoms with van der Waals surface area (Å²) in [6.07, 6.45) is -0.0297. The van der Waals surface area contributed by atoms with Gasteiger partial charge in [0.1, 0.15) is 0 Å². The van der Waals surface area contributed by atoms with E-state index in [1.54, 1.807) is 38.1 Å². The van der Waals surface area contributed by atoms with Crippen molar-refractivity contribution in [1.29, 1.82) is 0 Å². The Bertz CT molecular complexity index is 875. The highest BCUT2D eigenvalue weighted by atomic mass is 35.5. The molecule has 0 unspecified atom stereocenters. The van der Waals surface area contributed by atoms with Gasteiger partial charge in [-0.2, -0.15) is 4.53 Å². The second-order valence-electron chi connectivity index (χ2n) is 6.35. The summed E-state index contributed by atoms with van der Waals surface area (Å²) in [6, 6.07) is 11.0. The van der Waals surface area contributed by atoms with Crippen LogP contribution >= 0.6 is 70.8 Å². The summed E-state index contributed by atoms with van der Waals surface area (Å²) in [6.45, 7) is 3.35. The van der Waals surface area contributed by atoms with Gasteiger partial charge in [-0.05, 0) is 44.2 Å². The monoisotopic (exact) mass is 502 g/mol. The number of nitrogens with zero attached hydrogens (tertiary/aromatic N) is 2. The minimum atomic E-state index is -0.995. The molecule has 28 heavy (non-hydrogen) atoms. The van der Waals surface area contributed by atoms with E-state index < -0.39 is 11.4 Å². The van der Waals surface area contributed by atoms with Gasteiger partial charge in [-0.1, -0.05) is 46.9 Å². The molecule has 2 aromatic carbocycles. The van der Waals surface area contributed by atoms with Gasteiger partial charge in [-0.3, -0.25) is 9.59 Å². The lowest BCUT2D eigenvalue weighted by Crippen LogP contribution is -2.48. The SMILES string of the molecule is CC(C)(CC(=O)c1ccccc1Cl)N(Cl)N(Cl)C(=O)c1ccc(Cl)c(Cl)c1.Cl. The fourth-order valence-electron chi connectivity index (χ4n) is 2.29. The number of carbonyl (C=O) groups excluding carboxylic acids is 2. The molecule has 0 spiro atoms. The van der Waals surface area contributed by atoms with Gasteiger partial charge >= 0.3 is 0 Å². The molecule has 0 saturated heterocycles.